The van der Waals surface area contributed by atoms with Crippen molar-refractivity contribution in [1.29, 1.82) is 0 Å². The Morgan fingerprint density at radius 1 is 1.42 bits per heavy atom. The Labute approximate surface area is 113 Å². The van der Waals surface area contributed by atoms with Gasteiger partial charge in [0.15, 0.2) is 5.82 Å². The van der Waals surface area contributed by atoms with Crippen LogP contribution in [0.1, 0.15) is 63.1 Å². The van der Waals surface area contributed by atoms with Gasteiger partial charge >= 0.3 is 0 Å². The molecule has 3 rings (SSSR count). The summed E-state index contributed by atoms with van der Waals surface area (Å²) in [5, 5.41) is 6.97. The normalized spacial score (nSPS) is 26.4. The topological polar surface area (TPSA) is 68.0 Å². The number of hydrogen-bond donors (Lipinski definition) is 1. The van der Waals surface area contributed by atoms with Crippen molar-refractivity contribution < 1.29 is 9.32 Å². The predicted molar refractivity (Wildman–Crippen MR) is 69.6 cm³/mol. The van der Waals surface area contributed by atoms with Crippen molar-refractivity contribution in [2.24, 2.45) is 5.41 Å². The fraction of sp³-hybridized carbons (Fsp3) is 0.786. The second-order valence-electron chi connectivity index (χ2n) is 6.28. The Morgan fingerprint density at radius 2 is 2.21 bits per heavy atom. The van der Waals surface area contributed by atoms with Crippen molar-refractivity contribution in [2.75, 3.05) is 6.54 Å². The van der Waals surface area contributed by atoms with E-state index in [0.29, 0.717) is 24.3 Å². The van der Waals surface area contributed by atoms with Gasteiger partial charge in [0.2, 0.25) is 11.8 Å². The zero-order valence-electron chi connectivity index (χ0n) is 11.4. The fourth-order valence-electron chi connectivity index (χ4n) is 3.24. The molecular weight excluding hydrogens is 242 g/mol. The predicted octanol–water partition coefficient (Wildman–Crippen LogP) is 2.19. The molecule has 1 aliphatic heterocycles. The van der Waals surface area contributed by atoms with Crippen LogP contribution in [0.15, 0.2) is 4.52 Å². The molecule has 0 aromatic carbocycles. The molecule has 1 saturated heterocycles. The maximum atomic E-state index is 11.1. The third kappa shape index (κ3) is 2.80. The van der Waals surface area contributed by atoms with E-state index in [-0.39, 0.29) is 11.8 Å². The van der Waals surface area contributed by atoms with Gasteiger partial charge in [0.25, 0.3) is 0 Å². The van der Waals surface area contributed by atoms with Crippen molar-refractivity contribution in [3.63, 3.8) is 0 Å². The quantitative estimate of drug-likeness (QED) is 0.907. The highest BCUT2D eigenvalue weighted by Gasteiger charge is 2.31. The molecule has 0 radical (unpaired) electrons. The Balaban J connectivity index is 1.64. The van der Waals surface area contributed by atoms with E-state index in [2.05, 4.69) is 22.4 Å². The summed E-state index contributed by atoms with van der Waals surface area (Å²) in [6, 6.07) is 0. The first kappa shape index (κ1) is 12.6. The molecule has 5 nitrogen and oxygen atoms in total. The SMILES string of the molecule is CC1(Cc2noc(C3CCC(=O)NC3)n2)CCCC1. The standard InChI is InChI=1S/C14H21N3O2/c1-14(6-2-3-7-14)8-11-16-13(19-17-11)10-4-5-12(18)15-9-10/h10H,2-9H2,1H3,(H,15,18). The molecule has 1 atom stereocenters. The summed E-state index contributed by atoms with van der Waals surface area (Å²) in [5.41, 5.74) is 0.349. The Morgan fingerprint density at radius 3 is 2.89 bits per heavy atom. The van der Waals surface area contributed by atoms with Crippen LogP contribution in [0.2, 0.25) is 0 Å². The first-order valence-corrected chi connectivity index (χ1v) is 7.24. The number of piperidine rings is 1. The van der Waals surface area contributed by atoms with E-state index in [1.54, 1.807) is 0 Å². The molecule has 1 N–H and O–H groups in total. The largest absolute Gasteiger partial charge is 0.355 e. The van der Waals surface area contributed by atoms with Gasteiger partial charge in [-0.15, -0.1) is 0 Å². The van der Waals surface area contributed by atoms with E-state index < -0.39 is 0 Å². The van der Waals surface area contributed by atoms with E-state index in [9.17, 15) is 4.79 Å². The molecule has 2 aliphatic rings. The number of hydrogen-bond acceptors (Lipinski definition) is 4. The lowest BCUT2D eigenvalue weighted by molar-refractivity contribution is -0.122. The lowest BCUT2D eigenvalue weighted by Gasteiger charge is -2.21. The fourth-order valence-corrected chi connectivity index (χ4v) is 3.24. The monoisotopic (exact) mass is 263 g/mol. The second kappa shape index (κ2) is 4.94. The minimum Gasteiger partial charge on any atom is -0.355 e. The maximum Gasteiger partial charge on any atom is 0.231 e. The number of carbonyl (C=O) groups is 1. The van der Waals surface area contributed by atoms with E-state index >= 15 is 0 Å². The first-order chi connectivity index (χ1) is 9.15. The second-order valence-corrected chi connectivity index (χ2v) is 6.28. The van der Waals surface area contributed by atoms with Crippen LogP contribution in [0.25, 0.3) is 0 Å². The van der Waals surface area contributed by atoms with E-state index in [1.165, 1.54) is 25.7 Å². The smallest absolute Gasteiger partial charge is 0.231 e. The molecule has 1 amide bonds. The van der Waals surface area contributed by atoms with Gasteiger partial charge in [-0.2, -0.15) is 4.98 Å². The first-order valence-electron chi connectivity index (χ1n) is 7.24. The molecule has 5 heteroatoms. The summed E-state index contributed by atoms with van der Waals surface area (Å²) in [6.07, 6.45) is 7.43. The zero-order chi connectivity index (χ0) is 13.3. The highest BCUT2D eigenvalue weighted by atomic mass is 16.5. The Hall–Kier alpha value is -1.39. The van der Waals surface area contributed by atoms with Gasteiger partial charge in [-0.1, -0.05) is 24.9 Å². The minimum atomic E-state index is 0.120. The number of amides is 1. The lowest BCUT2D eigenvalue weighted by Crippen LogP contribution is -2.33. The summed E-state index contributed by atoms with van der Waals surface area (Å²) >= 11 is 0. The molecule has 1 unspecified atom stereocenters. The van der Waals surface area contributed by atoms with Gasteiger partial charge in [0.05, 0.1) is 5.92 Å². The van der Waals surface area contributed by atoms with Crippen LogP contribution in [0.3, 0.4) is 0 Å². The number of rotatable bonds is 3. The Kier molecular flexibility index (Phi) is 3.29. The highest BCUT2D eigenvalue weighted by molar-refractivity contribution is 5.76. The maximum absolute atomic E-state index is 11.1. The molecule has 2 heterocycles. The average Bonchev–Trinajstić information content (AvgIpc) is 3.00. The van der Waals surface area contributed by atoms with Crippen molar-refractivity contribution in [1.82, 2.24) is 15.5 Å². The summed E-state index contributed by atoms with van der Waals surface area (Å²) in [7, 11) is 0. The molecular formula is C14H21N3O2. The molecule has 0 spiro atoms. The third-order valence-corrected chi connectivity index (χ3v) is 4.49. The molecule has 104 valence electrons. The molecule has 1 aromatic heterocycles. The molecule has 1 saturated carbocycles. The third-order valence-electron chi connectivity index (χ3n) is 4.49. The lowest BCUT2D eigenvalue weighted by atomic mass is 9.85. The summed E-state index contributed by atoms with van der Waals surface area (Å²) in [5.74, 6) is 1.83. The average molecular weight is 263 g/mol. The van der Waals surface area contributed by atoms with Gasteiger partial charge in [-0.25, -0.2) is 0 Å². The van der Waals surface area contributed by atoms with Crippen LogP contribution in [-0.4, -0.2) is 22.6 Å². The van der Waals surface area contributed by atoms with Crippen molar-refractivity contribution in [3.05, 3.63) is 11.7 Å². The van der Waals surface area contributed by atoms with Gasteiger partial charge in [-0.05, 0) is 24.7 Å². The van der Waals surface area contributed by atoms with E-state index in [0.717, 1.165) is 18.7 Å². The molecule has 1 aliphatic carbocycles. The number of aromatic nitrogens is 2. The summed E-state index contributed by atoms with van der Waals surface area (Å²) in [4.78, 5) is 15.7. The zero-order valence-corrected chi connectivity index (χ0v) is 11.4. The number of nitrogens with one attached hydrogen (secondary N) is 1. The van der Waals surface area contributed by atoms with Crippen molar-refractivity contribution >= 4 is 5.91 Å². The number of nitrogens with zero attached hydrogens (tertiary/aromatic N) is 2. The molecule has 2 fully saturated rings. The van der Waals surface area contributed by atoms with Gasteiger partial charge in [-0.3, -0.25) is 4.79 Å². The van der Waals surface area contributed by atoms with Crippen LogP contribution >= 0.6 is 0 Å². The molecule has 19 heavy (non-hydrogen) atoms. The number of carbonyl (C=O) groups excluding carboxylic acids is 1. The van der Waals surface area contributed by atoms with Crippen molar-refractivity contribution in [2.45, 2.75) is 57.8 Å². The van der Waals surface area contributed by atoms with Gasteiger partial charge in [0.1, 0.15) is 0 Å². The van der Waals surface area contributed by atoms with Crippen LogP contribution in [0.5, 0.6) is 0 Å². The van der Waals surface area contributed by atoms with E-state index in [1.807, 2.05) is 0 Å². The van der Waals surface area contributed by atoms with E-state index in [4.69, 9.17) is 4.52 Å². The summed E-state index contributed by atoms with van der Waals surface area (Å²) in [6.45, 7) is 2.94. The minimum absolute atomic E-state index is 0.120. The highest BCUT2D eigenvalue weighted by Crippen LogP contribution is 2.39. The van der Waals surface area contributed by atoms with Crippen LogP contribution in [0.4, 0.5) is 0 Å². The van der Waals surface area contributed by atoms with Crippen LogP contribution in [0, 0.1) is 5.41 Å². The Bertz CT molecular complexity index is 453. The molecule has 0 bridgehead atoms. The van der Waals surface area contributed by atoms with Gasteiger partial charge < -0.3 is 9.84 Å². The van der Waals surface area contributed by atoms with Crippen LogP contribution in [-0.2, 0) is 11.2 Å². The molecule has 1 aromatic rings. The van der Waals surface area contributed by atoms with Gasteiger partial charge in [0, 0.05) is 19.4 Å². The van der Waals surface area contributed by atoms with Crippen molar-refractivity contribution in [3.8, 4) is 0 Å². The summed E-state index contributed by atoms with van der Waals surface area (Å²) < 4.78 is 5.38. The van der Waals surface area contributed by atoms with Crippen LogP contribution < -0.4 is 5.32 Å².